The van der Waals surface area contributed by atoms with E-state index in [2.05, 4.69) is 30.8 Å². The molecule has 21 heavy (non-hydrogen) atoms. The van der Waals surface area contributed by atoms with Crippen molar-refractivity contribution < 1.29 is 0 Å². The molecule has 2 atom stereocenters. The highest BCUT2D eigenvalue weighted by Crippen LogP contribution is 2.35. The SMILES string of the molecule is CCC1CCCC(CN)(N(C)CC2CCN(C)CC2)CC1. The summed E-state index contributed by atoms with van der Waals surface area (Å²) in [4.78, 5) is 5.12. The molecular formula is C18H37N3. The maximum absolute atomic E-state index is 6.27. The Morgan fingerprint density at radius 2 is 1.81 bits per heavy atom. The summed E-state index contributed by atoms with van der Waals surface area (Å²) in [6, 6.07) is 0. The van der Waals surface area contributed by atoms with Crippen molar-refractivity contribution in [2.45, 2.75) is 63.8 Å². The highest BCUT2D eigenvalue weighted by atomic mass is 15.2. The number of hydrogen-bond donors (Lipinski definition) is 1. The van der Waals surface area contributed by atoms with E-state index in [0.29, 0.717) is 0 Å². The monoisotopic (exact) mass is 295 g/mol. The van der Waals surface area contributed by atoms with Gasteiger partial charge in [-0.1, -0.05) is 26.2 Å². The van der Waals surface area contributed by atoms with E-state index in [1.807, 2.05) is 0 Å². The summed E-state index contributed by atoms with van der Waals surface area (Å²) in [5.74, 6) is 1.81. The molecule has 1 heterocycles. The molecule has 0 amide bonds. The lowest BCUT2D eigenvalue weighted by molar-refractivity contribution is 0.0719. The lowest BCUT2D eigenvalue weighted by Gasteiger charge is -2.43. The summed E-state index contributed by atoms with van der Waals surface area (Å²) < 4.78 is 0. The van der Waals surface area contributed by atoms with Crippen LogP contribution in [0.2, 0.25) is 0 Å². The maximum atomic E-state index is 6.27. The number of nitrogens with two attached hydrogens (primary N) is 1. The maximum Gasteiger partial charge on any atom is 0.0328 e. The van der Waals surface area contributed by atoms with Crippen LogP contribution in [0.25, 0.3) is 0 Å². The molecular weight excluding hydrogens is 258 g/mol. The van der Waals surface area contributed by atoms with Gasteiger partial charge in [0.1, 0.15) is 0 Å². The molecule has 1 aliphatic heterocycles. The zero-order valence-electron chi connectivity index (χ0n) is 14.6. The molecule has 0 aromatic heterocycles. The molecule has 1 aliphatic carbocycles. The Kier molecular flexibility index (Phi) is 6.51. The first-order chi connectivity index (χ1) is 10.1. The van der Waals surface area contributed by atoms with Gasteiger partial charge in [0.2, 0.25) is 0 Å². The number of rotatable bonds is 5. The first-order valence-corrected chi connectivity index (χ1v) is 9.19. The third-order valence-corrected chi connectivity index (χ3v) is 6.41. The van der Waals surface area contributed by atoms with E-state index in [0.717, 1.165) is 18.4 Å². The second-order valence-corrected chi connectivity index (χ2v) is 7.76. The van der Waals surface area contributed by atoms with Crippen molar-refractivity contribution in [1.29, 1.82) is 0 Å². The van der Waals surface area contributed by atoms with Crippen LogP contribution < -0.4 is 5.73 Å². The van der Waals surface area contributed by atoms with Crippen LogP contribution in [0.4, 0.5) is 0 Å². The van der Waals surface area contributed by atoms with E-state index < -0.39 is 0 Å². The molecule has 0 spiro atoms. The number of likely N-dealkylation sites (N-methyl/N-ethyl adjacent to an activating group) is 1. The van der Waals surface area contributed by atoms with Crippen LogP contribution in [0.3, 0.4) is 0 Å². The van der Waals surface area contributed by atoms with Crippen molar-refractivity contribution in [3.63, 3.8) is 0 Å². The van der Waals surface area contributed by atoms with Gasteiger partial charge >= 0.3 is 0 Å². The van der Waals surface area contributed by atoms with Gasteiger partial charge in [0.15, 0.2) is 0 Å². The van der Waals surface area contributed by atoms with Crippen molar-refractivity contribution in [1.82, 2.24) is 9.80 Å². The molecule has 3 nitrogen and oxygen atoms in total. The largest absolute Gasteiger partial charge is 0.329 e. The van der Waals surface area contributed by atoms with E-state index in [-0.39, 0.29) is 5.54 Å². The number of likely N-dealkylation sites (tertiary alicyclic amines) is 1. The molecule has 0 radical (unpaired) electrons. The van der Waals surface area contributed by atoms with Gasteiger partial charge in [0.05, 0.1) is 0 Å². The highest BCUT2D eigenvalue weighted by molar-refractivity contribution is 4.94. The number of hydrogen-bond acceptors (Lipinski definition) is 3. The summed E-state index contributed by atoms with van der Waals surface area (Å²) >= 11 is 0. The van der Waals surface area contributed by atoms with E-state index >= 15 is 0 Å². The molecule has 2 aliphatic rings. The molecule has 3 heteroatoms. The Morgan fingerprint density at radius 3 is 2.43 bits per heavy atom. The Hall–Kier alpha value is -0.120. The molecule has 2 rings (SSSR count). The highest BCUT2D eigenvalue weighted by Gasteiger charge is 2.36. The zero-order valence-corrected chi connectivity index (χ0v) is 14.6. The molecule has 0 aromatic carbocycles. The van der Waals surface area contributed by atoms with E-state index in [1.165, 1.54) is 71.0 Å². The van der Waals surface area contributed by atoms with Crippen LogP contribution >= 0.6 is 0 Å². The van der Waals surface area contributed by atoms with Crippen LogP contribution in [0.5, 0.6) is 0 Å². The Morgan fingerprint density at radius 1 is 1.10 bits per heavy atom. The summed E-state index contributed by atoms with van der Waals surface area (Å²) in [7, 11) is 4.59. The summed E-state index contributed by atoms with van der Waals surface area (Å²) in [5.41, 5.74) is 6.56. The predicted octanol–water partition coefficient (Wildman–Crippen LogP) is 2.95. The molecule has 124 valence electrons. The fraction of sp³-hybridized carbons (Fsp3) is 1.00. The molecule has 1 saturated carbocycles. The third kappa shape index (κ3) is 4.43. The standard InChI is InChI=1S/C18H37N3/c1-4-16-6-5-10-18(15-19,11-7-16)21(3)14-17-8-12-20(2)13-9-17/h16-17H,4-15,19H2,1-3H3. The van der Waals surface area contributed by atoms with Gasteiger partial charge in [-0.25, -0.2) is 0 Å². The average Bonchev–Trinajstić information content (AvgIpc) is 2.72. The van der Waals surface area contributed by atoms with Crippen molar-refractivity contribution in [2.24, 2.45) is 17.6 Å². The molecule has 2 unspecified atom stereocenters. The average molecular weight is 296 g/mol. The molecule has 1 saturated heterocycles. The van der Waals surface area contributed by atoms with Gasteiger partial charge in [-0.05, 0) is 71.1 Å². The number of nitrogens with zero attached hydrogens (tertiary/aromatic N) is 2. The lowest BCUT2D eigenvalue weighted by atomic mass is 9.86. The van der Waals surface area contributed by atoms with Gasteiger partial charge in [0, 0.05) is 18.6 Å². The van der Waals surface area contributed by atoms with Crippen molar-refractivity contribution >= 4 is 0 Å². The lowest BCUT2D eigenvalue weighted by Crippen LogP contribution is -2.53. The normalized spacial score (nSPS) is 33.3. The van der Waals surface area contributed by atoms with Crippen LogP contribution in [0.15, 0.2) is 0 Å². The third-order valence-electron chi connectivity index (χ3n) is 6.41. The van der Waals surface area contributed by atoms with Crippen LogP contribution in [-0.4, -0.2) is 55.6 Å². The fourth-order valence-electron chi connectivity index (χ4n) is 4.44. The van der Waals surface area contributed by atoms with Crippen molar-refractivity contribution in [2.75, 3.05) is 40.3 Å². The van der Waals surface area contributed by atoms with Gasteiger partial charge in [-0.2, -0.15) is 0 Å². The van der Waals surface area contributed by atoms with E-state index in [4.69, 9.17) is 5.73 Å². The minimum Gasteiger partial charge on any atom is -0.329 e. The first kappa shape index (κ1) is 17.2. The molecule has 0 aromatic rings. The van der Waals surface area contributed by atoms with Crippen LogP contribution in [0.1, 0.15) is 58.3 Å². The molecule has 2 N–H and O–H groups in total. The molecule has 0 bridgehead atoms. The second-order valence-electron chi connectivity index (χ2n) is 7.76. The Balaban J connectivity index is 1.92. The summed E-state index contributed by atoms with van der Waals surface area (Å²) in [6.45, 7) is 6.98. The van der Waals surface area contributed by atoms with Gasteiger partial charge in [0.25, 0.3) is 0 Å². The summed E-state index contributed by atoms with van der Waals surface area (Å²) in [6.07, 6.45) is 10.9. The zero-order chi connectivity index (χ0) is 15.3. The van der Waals surface area contributed by atoms with Gasteiger partial charge in [-0.3, -0.25) is 4.90 Å². The van der Waals surface area contributed by atoms with Crippen molar-refractivity contribution in [3.8, 4) is 0 Å². The van der Waals surface area contributed by atoms with Crippen LogP contribution in [-0.2, 0) is 0 Å². The number of piperidine rings is 1. The fourth-order valence-corrected chi connectivity index (χ4v) is 4.44. The Bertz CT molecular complexity index is 299. The second kappa shape index (κ2) is 7.94. The minimum absolute atomic E-state index is 0.285. The molecule has 2 fully saturated rings. The van der Waals surface area contributed by atoms with Gasteiger partial charge in [-0.15, -0.1) is 0 Å². The Labute approximate surface area is 132 Å². The van der Waals surface area contributed by atoms with Gasteiger partial charge < -0.3 is 10.6 Å². The smallest absolute Gasteiger partial charge is 0.0328 e. The van der Waals surface area contributed by atoms with E-state index in [9.17, 15) is 0 Å². The quantitative estimate of drug-likeness (QED) is 0.792. The predicted molar refractivity (Wildman–Crippen MR) is 91.5 cm³/mol. The summed E-state index contributed by atoms with van der Waals surface area (Å²) in [5, 5.41) is 0. The minimum atomic E-state index is 0.285. The van der Waals surface area contributed by atoms with Crippen molar-refractivity contribution in [3.05, 3.63) is 0 Å². The first-order valence-electron chi connectivity index (χ1n) is 9.19. The van der Waals surface area contributed by atoms with Crippen LogP contribution in [0, 0.1) is 11.8 Å². The topological polar surface area (TPSA) is 32.5 Å². The van der Waals surface area contributed by atoms with E-state index in [1.54, 1.807) is 0 Å².